The molecule has 0 bridgehead atoms. The molecule has 3 aromatic rings. The Labute approximate surface area is 162 Å². The Balaban J connectivity index is 1.89. The van der Waals surface area contributed by atoms with Crippen molar-refractivity contribution in [2.45, 2.75) is 13.0 Å². The van der Waals surface area contributed by atoms with Gasteiger partial charge in [-0.25, -0.2) is 4.79 Å². The Bertz CT molecular complexity index is 1060. The van der Waals surface area contributed by atoms with E-state index < -0.39 is 5.97 Å². The number of aliphatic imine (C=N–C) groups is 1. The van der Waals surface area contributed by atoms with Crippen LogP contribution in [0.4, 0.5) is 5.69 Å². The number of nitrogens with one attached hydrogen (secondary N) is 1. The Morgan fingerprint density at radius 2 is 1.81 bits per heavy atom. The summed E-state index contributed by atoms with van der Waals surface area (Å²) < 4.78 is 0. The first-order chi connectivity index (χ1) is 13.0. The third-order valence-corrected chi connectivity index (χ3v) is 4.98. The molecule has 27 heavy (non-hydrogen) atoms. The van der Waals surface area contributed by atoms with Gasteiger partial charge in [0.05, 0.1) is 22.3 Å². The molecule has 0 fully saturated rings. The Kier molecular flexibility index (Phi) is 4.42. The van der Waals surface area contributed by atoms with Gasteiger partial charge in [0, 0.05) is 11.1 Å². The molecule has 1 unspecified atom stereocenters. The van der Waals surface area contributed by atoms with Crippen molar-refractivity contribution in [1.82, 2.24) is 0 Å². The van der Waals surface area contributed by atoms with Gasteiger partial charge in [-0.2, -0.15) is 0 Å². The van der Waals surface area contributed by atoms with Crippen molar-refractivity contribution in [2.75, 3.05) is 5.32 Å². The van der Waals surface area contributed by atoms with Crippen LogP contribution >= 0.6 is 11.6 Å². The van der Waals surface area contributed by atoms with E-state index in [1.54, 1.807) is 12.1 Å². The zero-order valence-electron chi connectivity index (χ0n) is 14.6. The summed E-state index contributed by atoms with van der Waals surface area (Å²) in [7, 11) is 0. The van der Waals surface area contributed by atoms with Crippen molar-refractivity contribution < 1.29 is 9.90 Å². The van der Waals surface area contributed by atoms with Crippen LogP contribution in [0.1, 0.15) is 34.5 Å². The van der Waals surface area contributed by atoms with Gasteiger partial charge in [-0.05, 0) is 36.2 Å². The van der Waals surface area contributed by atoms with Crippen molar-refractivity contribution in [2.24, 2.45) is 4.99 Å². The monoisotopic (exact) mass is 376 g/mol. The van der Waals surface area contributed by atoms with E-state index in [9.17, 15) is 9.90 Å². The fraction of sp³-hybridized carbons (Fsp3) is 0.0909. The maximum Gasteiger partial charge on any atom is 0.335 e. The highest BCUT2D eigenvalue weighted by Gasteiger charge is 2.23. The molecule has 0 saturated carbocycles. The van der Waals surface area contributed by atoms with Gasteiger partial charge in [0.25, 0.3) is 0 Å². The molecule has 5 heteroatoms. The van der Waals surface area contributed by atoms with Crippen LogP contribution in [0.2, 0.25) is 5.02 Å². The van der Waals surface area contributed by atoms with Crippen molar-refractivity contribution in [3.8, 4) is 11.1 Å². The summed E-state index contributed by atoms with van der Waals surface area (Å²) in [6, 6.07) is 20.6. The predicted octanol–water partition coefficient (Wildman–Crippen LogP) is 5.64. The molecule has 0 aliphatic carbocycles. The molecule has 4 nitrogen and oxygen atoms in total. The van der Waals surface area contributed by atoms with E-state index in [4.69, 9.17) is 16.6 Å². The number of para-hydroxylation sites is 1. The number of fused-ring (bicyclic) bond motifs is 1. The molecule has 0 saturated heterocycles. The first-order valence-electron chi connectivity index (χ1n) is 8.61. The number of hydrogen-bond donors (Lipinski definition) is 2. The van der Waals surface area contributed by atoms with Crippen LogP contribution in [0, 0.1) is 0 Å². The van der Waals surface area contributed by atoms with Crippen LogP contribution in [-0.2, 0) is 0 Å². The number of rotatable bonds is 3. The highest BCUT2D eigenvalue weighted by Crippen LogP contribution is 2.37. The molecule has 1 aliphatic heterocycles. The van der Waals surface area contributed by atoms with Crippen molar-refractivity contribution in [3.05, 3.63) is 88.4 Å². The van der Waals surface area contributed by atoms with E-state index in [2.05, 4.69) is 5.32 Å². The van der Waals surface area contributed by atoms with E-state index in [1.165, 1.54) is 0 Å². The summed E-state index contributed by atoms with van der Waals surface area (Å²) in [6.07, 6.45) is 0. The van der Waals surface area contributed by atoms with Crippen LogP contribution in [0.5, 0.6) is 0 Å². The molecular weight excluding hydrogens is 360 g/mol. The SMILES string of the molecule is CC1N=C(c2cc(C(=O)O)ccc2-c2ccccc2)Nc2c(Cl)cccc21. The Hall–Kier alpha value is -3.11. The Morgan fingerprint density at radius 1 is 1.04 bits per heavy atom. The molecule has 0 spiro atoms. The lowest BCUT2D eigenvalue weighted by Crippen LogP contribution is -2.22. The molecule has 0 amide bonds. The van der Waals surface area contributed by atoms with Gasteiger partial charge in [-0.15, -0.1) is 0 Å². The van der Waals surface area contributed by atoms with Gasteiger partial charge in [0.2, 0.25) is 0 Å². The fourth-order valence-corrected chi connectivity index (χ4v) is 3.54. The minimum absolute atomic E-state index is 0.0907. The predicted molar refractivity (Wildman–Crippen MR) is 109 cm³/mol. The standard InChI is InChI=1S/C22H17ClN2O2/c1-13-16-8-5-9-19(23)20(16)25-21(24-13)18-12-15(22(26)27)10-11-17(18)14-6-3-2-4-7-14/h2-13H,1H3,(H,24,25)(H,26,27). The molecule has 4 rings (SSSR count). The number of hydrogen-bond acceptors (Lipinski definition) is 3. The molecule has 134 valence electrons. The number of anilines is 1. The highest BCUT2D eigenvalue weighted by atomic mass is 35.5. The smallest absolute Gasteiger partial charge is 0.335 e. The maximum absolute atomic E-state index is 11.5. The maximum atomic E-state index is 11.5. The lowest BCUT2D eigenvalue weighted by atomic mass is 9.95. The van der Waals surface area contributed by atoms with Gasteiger partial charge < -0.3 is 10.4 Å². The Morgan fingerprint density at radius 3 is 2.56 bits per heavy atom. The fourth-order valence-electron chi connectivity index (χ4n) is 3.31. The zero-order chi connectivity index (χ0) is 19.0. The molecule has 1 heterocycles. The number of amidine groups is 1. The number of nitrogens with zero attached hydrogens (tertiary/aromatic N) is 1. The van der Waals surface area contributed by atoms with Gasteiger partial charge in [0.15, 0.2) is 0 Å². The van der Waals surface area contributed by atoms with Gasteiger partial charge >= 0.3 is 5.97 Å². The van der Waals surface area contributed by atoms with E-state index in [0.29, 0.717) is 10.9 Å². The molecular formula is C22H17ClN2O2. The van der Waals surface area contributed by atoms with Crippen LogP contribution in [0.3, 0.4) is 0 Å². The number of carbonyl (C=O) groups is 1. The summed E-state index contributed by atoms with van der Waals surface area (Å²) in [4.78, 5) is 16.3. The topological polar surface area (TPSA) is 61.7 Å². The van der Waals surface area contributed by atoms with Crippen LogP contribution in [0.15, 0.2) is 71.7 Å². The third-order valence-electron chi connectivity index (χ3n) is 4.67. The van der Waals surface area contributed by atoms with Crippen LogP contribution < -0.4 is 5.32 Å². The highest BCUT2D eigenvalue weighted by molar-refractivity contribution is 6.34. The summed E-state index contributed by atoms with van der Waals surface area (Å²) in [6.45, 7) is 2.00. The third kappa shape index (κ3) is 3.20. The van der Waals surface area contributed by atoms with Crippen LogP contribution in [0.25, 0.3) is 11.1 Å². The molecule has 1 aliphatic rings. The minimum atomic E-state index is -0.973. The summed E-state index contributed by atoms with van der Waals surface area (Å²) >= 11 is 6.39. The molecule has 1 atom stereocenters. The molecule has 3 aromatic carbocycles. The van der Waals surface area contributed by atoms with E-state index in [1.807, 2.05) is 61.5 Å². The summed E-state index contributed by atoms with van der Waals surface area (Å²) in [5.74, 6) is -0.358. The van der Waals surface area contributed by atoms with Gasteiger partial charge in [-0.3, -0.25) is 4.99 Å². The lowest BCUT2D eigenvalue weighted by molar-refractivity contribution is 0.0697. The number of carboxylic acids is 1. The minimum Gasteiger partial charge on any atom is -0.478 e. The average Bonchev–Trinajstić information content (AvgIpc) is 2.69. The molecule has 2 N–H and O–H groups in total. The van der Waals surface area contributed by atoms with E-state index in [0.717, 1.165) is 27.9 Å². The van der Waals surface area contributed by atoms with Gasteiger partial charge in [0.1, 0.15) is 5.84 Å². The number of aromatic carboxylic acids is 1. The molecule has 0 aromatic heterocycles. The summed E-state index contributed by atoms with van der Waals surface area (Å²) in [5, 5.41) is 13.4. The van der Waals surface area contributed by atoms with Crippen molar-refractivity contribution >= 4 is 29.1 Å². The van der Waals surface area contributed by atoms with E-state index >= 15 is 0 Å². The van der Waals surface area contributed by atoms with Gasteiger partial charge in [-0.1, -0.05) is 60.1 Å². The first kappa shape index (κ1) is 17.3. The lowest BCUT2D eigenvalue weighted by Gasteiger charge is -2.25. The number of halogens is 1. The quantitative estimate of drug-likeness (QED) is 0.621. The van der Waals surface area contributed by atoms with Crippen LogP contribution in [-0.4, -0.2) is 16.9 Å². The molecule has 0 radical (unpaired) electrons. The van der Waals surface area contributed by atoms with E-state index in [-0.39, 0.29) is 11.6 Å². The second kappa shape index (κ2) is 6.89. The second-order valence-electron chi connectivity index (χ2n) is 6.41. The largest absolute Gasteiger partial charge is 0.478 e. The zero-order valence-corrected chi connectivity index (χ0v) is 15.4. The average molecular weight is 377 g/mol. The number of carboxylic acid groups (broad SMARTS) is 1. The van der Waals surface area contributed by atoms with Crippen molar-refractivity contribution in [1.29, 1.82) is 0 Å². The first-order valence-corrected chi connectivity index (χ1v) is 8.99. The second-order valence-corrected chi connectivity index (χ2v) is 6.82. The number of benzene rings is 3. The normalized spacial score (nSPS) is 15.5. The van der Waals surface area contributed by atoms with Crippen molar-refractivity contribution in [3.63, 3.8) is 0 Å². The summed E-state index contributed by atoms with van der Waals surface area (Å²) in [5.41, 5.74) is 4.68.